The van der Waals surface area contributed by atoms with Gasteiger partial charge in [-0.2, -0.15) is 0 Å². The molecule has 108 valence electrons. The van der Waals surface area contributed by atoms with E-state index in [2.05, 4.69) is 0 Å². The smallest absolute Gasteiger partial charge is 0.261 e. The molecule has 1 aliphatic heterocycles. The molecule has 1 atom stereocenters. The molecule has 3 rings (SSSR count). The van der Waals surface area contributed by atoms with Crippen molar-refractivity contribution in [1.29, 1.82) is 0 Å². The van der Waals surface area contributed by atoms with Crippen LogP contribution in [0.15, 0.2) is 48.5 Å². The zero-order chi connectivity index (χ0) is 15.0. The number of amides is 1. The Morgan fingerprint density at radius 2 is 1.86 bits per heavy atom. The average molecular weight is 285 g/mol. The molecular weight excluding hydrogens is 269 g/mol. The summed E-state index contributed by atoms with van der Waals surface area (Å²) in [7, 11) is 0. The Kier molecular flexibility index (Phi) is 3.26. The van der Waals surface area contributed by atoms with Crippen LogP contribution >= 0.6 is 0 Å². The number of hydrogen-bond donors (Lipinski definition) is 1. The van der Waals surface area contributed by atoms with Gasteiger partial charge in [0.15, 0.2) is 0 Å². The van der Waals surface area contributed by atoms with E-state index < -0.39 is 11.4 Å². The topological polar surface area (TPSA) is 40.5 Å². The van der Waals surface area contributed by atoms with Gasteiger partial charge in [-0.25, -0.2) is 4.39 Å². The molecule has 0 fully saturated rings. The predicted octanol–water partition coefficient (Wildman–Crippen LogP) is 3.08. The first-order valence-electron chi connectivity index (χ1n) is 6.89. The lowest BCUT2D eigenvalue weighted by molar-refractivity contribution is 0.0450. The van der Waals surface area contributed by atoms with Crippen LogP contribution in [-0.2, 0) is 5.60 Å². The SMILES string of the molecule is CC1(O)CCN(C(=O)c2ccccc2F)c2ccccc21. The number of fused-ring (bicyclic) bond motifs is 1. The Morgan fingerprint density at radius 1 is 1.19 bits per heavy atom. The van der Waals surface area contributed by atoms with E-state index in [9.17, 15) is 14.3 Å². The Balaban J connectivity index is 2.05. The highest BCUT2D eigenvalue weighted by atomic mass is 19.1. The van der Waals surface area contributed by atoms with Crippen LogP contribution in [-0.4, -0.2) is 17.6 Å². The summed E-state index contributed by atoms with van der Waals surface area (Å²) in [6, 6.07) is 13.2. The fourth-order valence-electron chi connectivity index (χ4n) is 2.74. The molecule has 1 N–H and O–H groups in total. The molecule has 0 saturated heterocycles. The molecule has 1 amide bonds. The first-order valence-corrected chi connectivity index (χ1v) is 6.89. The summed E-state index contributed by atoms with van der Waals surface area (Å²) in [6.45, 7) is 2.09. The first-order chi connectivity index (χ1) is 10.0. The summed E-state index contributed by atoms with van der Waals surface area (Å²) in [6.07, 6.45) is 0.421. The molecule has 2 aromatic carbocycles. The maximum Gasteiger partial charge on any atom is 0.261 e. The van der Waals surface area contributed by atoms with Crippen molar-refractivity contribution < 1.29 is 14.3 Å². The fraction of sp³-hybridized carbons (Fsp3) is 0.235. The minimum absolute atomic E-state index is 0.0499. The largest absolute Gasteiger partial charge is 0.385 e. The van der Waals surface area contributed by atoms with Gasteiger partial charge < -0.3 is 10.0 Å². The average Bonchev–Trinajstić information content (AvgIpc) is 2.47. The third-order valence-electron chi connectivity index (χ3n) is 3.95. The lowest BCUT2D eigenvalue weighted by atomic mass is 9.87. The summed E-state index contributed by atoms with van der Waals surface area (Å²) in [5.41, 5.74) is 0.416. The van der Waals surface area contributed by atoms with Crippen LogP contribution in [0.1, 0.15) is 29.3 Å². The van der Waals surface area contributed by atoms with E-state index in [1.165, 1.54) is 17.0 Å². The second-order valence-electron chi connectivity index (χ2n) is 5.48. The van der Waals surface area contributed by atoms with Gasteiger partial charge in [-0.05, 0) is 31.5 Å². The standard InChI is InChI=1S/C17H16FNO2/c1-17(21)10-11-19(15-9-5-3-7-13(15)17)16(20)12-6-2-4-8-14(12)18/h2-9,21H,10-11H2,1H3. The van der Waals surface area contributed by atoms with Crippen molar-refractivity contribution in [3.63, 3.8) is 0 Å². The summed E-state index contributed by atoms with van der Waals surface area (Å²) < 4.78 is 13.8. The second kappa shape index (κ2) is 4.97. The van der Waals surface area contributed by atoms with Gasteiger partial charge in [-0.15, -0.1) is 0 Å². The van der Waals surface area contributed by atoms with E-state index in [1.807, 2.05) is 12.1 Å². The summed E-state index contributed by atoms with van der Waals surface area (Å²) in [4.78, 5) is 14.1. The van der Waals surface area contributed by atoms with Crippen molar-refractivity contribution in [1.82, 2.24) is 0 Å². The molecular formula is C17H16FNO2. The summed E-state index contributed by atoms with van der Waals surface area (Å²) in [5, 5.41) is 10.4. The monoisotopic (exact) mass is 285 g/mol. The second-order valence-corrected chi connectivity index (χ2v) is 5.48. The molecule has 1 heterocycles. The number of carbonyl (C=O) groups is 1. The molecule has 3 nitrogen and oxygen atoms in total. The van der Waals surface area contributed by atoms with Gasteiger partial charge in [-0.1, -0.05) is 30.3 Å². The van der Waals surface area contributed by atoms with Crippen LogP contribution in [0.3, 0.4) is 0 Å². The molecule has 4 heteroatoms. The van der Waals surface area contributed by atoms with Crippen molar-refractivity contribution in [2.24, 2.45) is 0 Å². The third-order valence-corrected chi connectivity index (χ3v) is 3.95. The van der Waals surface area contributed by atoms with E-state index in [4.69, 9.17) is 0 Å². The molecule has 0 radical (unpaired) electrons. The lowest BCUT2D eigenvalue weighted by Gasteiger charge is -2.38. The molecule has 2 aromatic rings. The quantitative estimate of drug-likeness (QED) is 0.874. The number of halogens is 1. The number of carbonyl (C=O) groups excluding carboxylic acids is 1. The van der Waals surface area contributed by atoms with Crippen molar-refractivity contribution >= 4 is 11.6 Å². The van der Waals surface area contributed by atoms with Gasteiger partial charge in [0.1, 0.15) is 5.82 Å². The Hall–Kier alpha value is -2.20. The van der Waals surface area contributed by atoms with Crippen molar-refractivity contribution in [2.75, 3.05) is 11.4 Å². The van der Waals surface area contributed by atoms with Crippen molar-refractivity contribution in [3.8, 4) is 0 Å². The molecule has 1 unspecified atom stereocenters. The number of benzene rings is 2. The van der Waals surface area contributed by atoms with Crippen LogP contribution in [0.2, 0.25) is 0 Å². The van der Waals surface area contributed by atoms with Crippen LogP contribution in [0.25, 0.3) is 0 Å². The van der Waals surface area contributed by atoms with Gasteiger partial charge in [-0.3, -0.25) is 4.79 Å². The van der Waals surface area contributed by atoms with Crippen LogP contribution in [0, 0.1) is 5.82 Å². The van der Waals surface area contributed by atoms with Crippen LogP contribution in [0.4, 0.5) is 10.1 Å². The molecule has 0 bridgehead atoms. The number of aliphatic hydroxyl groups is 1. The van der Waals surface area contributed by atoms with E-state index in [1.54, 1.807) is 31.2 Å². The number of hydrogen-bond acceptors (Lipinski definition) is 2. The molecule has 0 saturated carbocycles. The number of rotatable bonds is 1. The van der Waals surface area contributed by atoms with Gasteiger partial charge in [0.2, 0.25) is 0 Å². The zero-order valence-electron chi connectivity index (χ0n) is 11.7. The highest BCUT2D eigenvalue weighted by Crippen LogP contribution is 2.38. The number of anilines is 1. The first kappa shape index (κ1) is 13.8. The van der Waals surface area contributed by atoms with Gasteiger partial charge in [0.25, 0.3) is 5.91 Å². The summed E-state index contributed by atoms with van der Waals surface area (Å²) >= 11 is 0. The minimum Gasteiger partial charge on any atom is -0.385 e. The third kappa shape index (κ3) is 2.32. The zero-order valence-corrected chi connectivity index (χ0v) is 11.7. The Bertz CT molecular complexity index is 697. The highest BCUT2D eigenvalue weighted by molar-refractivity contribution is 6.07. The van der Waals surface area contributed by atoms with Crippen LogP contribution in [0.5, 0.6) is 0 Å². The molecule has 0 spiro atoms. The van der Waals surface area contributed by atoms with Gasteiger partial charge in [0, 0.05) is 12.1 Å². The normalized spacial score (nSPS) is 21.0. The van der Waals surface area contributed by atoms with Crippen LogP contribution < -0.4 is 4.90 Å². The van der Waals surface area contributed by atoms with Gasteiger partial charge >= 0.3 is 0 Å². The maximum atomic E-state index is 13.8. The van der Waals surface area contributed by atoms with Crippen molar-refractivity contribution in [2.45, 2.75) is 18.9 Å². The minimum atomic E-state index is -0.970. The molecule has 1 aliphatic rings. The summed E-state index contributed by atoms with van der Waals surface area (Å²) in [5.74, 6) is -0.909. The number of para-hydroxylation sites is 1. The Labute approximate surface area is 122 Å². The molecule has 21 heavy (non-hydrogen) atoms. The van der Waals surface area contributed by atoms with E-state index in [0.717, 1.165) is 0 Å². The van der Waals surface area contributed by atoms with E-state index >= 15 is 0 Å². The fourth-order valence-corrected chi connectivity index (χ4v) is 2.74. The van der Waals surface area contributed by atoms with E-state index in [-0.39, 0.29) is 11.5 Å². The molecule has 0 aliphatic carbocycles. The highest BCUT2D eigenvalue weighted by Gasteiger charge is 2.35. The number of nitrogens with zero attached hydrogens (tertiary/aromatic N) is 1. The Morgan fingerprint density at radius 3 is 2.62 bits per heavy atom. The lowest BCUT2D eigenvalue weighted by Crippen LogP contribution is -2.42. The molecule has 0 aromatic heterocycles. The predicted molar refractivity (Wildman–Crippen MR) is 78.7 cm³/mol. The van der Waals surface area contributed by atoms with Crippen molar-refractivity contribution in [3.05, 3.63) is 65.5 Å². The van der Waals surface area contributed by atoms with E-state index in [0.29, 0.717) is 24.2 Å². The van der Waals surface area contributed by atoms with Gasteiger partial charge in [0.05, 0.1) is 16.9 Å². The maximum absolute atomic E-state index is 13.8.